The van der Waals surface area contributed by atoms with Crippen molar-refractivity contribution < 1.29 is 9.53 Å². The van der Waals surface area contributed by atoms with Crippen molar-refractivity contribution in [2.75, 3.05) is 6.61 Å². The number of thiazole rings is 1. The molecule has 1 amide bonds. The molecule has 5 nitrogen and oxygen atoms in total. The second-order valence-electron chi connectivity index (χ2n) is 4.72. The number of aromatic nitrogens is 1. The number of nitrogens with zero attached hydrogens (tertiary/aromatic N) is 1. The molecule has 0 aliphatic carbocycles. The molecule has 0 unspecified atom stereocenters. The number of hydrogen-bond donors (Lipinski definition) is 2. The van der Waals surface area contributed by atoms with Gasteiger partial charge in [0.1, 0.15) is 0 Å². The highest BCUT2D eigenvalue weighted by molar-refractivity contribution is 7.09. The van der Waals surface area contributed by atoms with Crippen LogP contribution in [-0.2, 0) is 29.0 Å². The Labute approximate surface area is 128 Å². The number of aryl methyl sites for hydroxylation is 1. The van der Waals surface area contributed by atoms with Crippen molar-refractivity contribution in [2.24, 2.45) is 5.84 Å². The average molecular weight is 305 g/mol. The summed E-state index contributed by atoms with van der Waals surface area (Å²) >= 11 is 1.67. The van der Waals surface area contributed by atoms with E-state index in [4.69, 9.17) is 10.6 Å². The van der Waals surface area contributed by atoms with Crippen molar-refractivity contribution in [1.82, 2.24) is 10.4 Å². The van der Waals surface area contributed by atoms with Gasteiger partial charge in [-0.05, 0) is 18.1 Å². The van der Waals surface area contributed by atoms with Gasteiger partial charge in [0.2, 0.25) is 5.91 Å². The van der Waals surface area contributed by atoms with E-state index in [1.807, 2.05) is 36.7 Å². The molecule has 6 heteroatoms. The topological polar surface area (TPSA) is 77.2 Å². The highest BCUT2D eigenvalue weighted by Crippen LogP contribution is 2.13. The number of hydrogen-bond acceptors (Lipinski definition) is 5. The van der Waals surface area contributed by atoms with E-state index in [-0.39, 0.29) is 5.91 Å². The van der Waals surface area contributed by atoms with Gasteiger partial charge in [-0.15, -0.1) is 11.3 Å². The molecule has 1 aromatic heterocycles. The van der Waals surface area contributed by atoms with E-state index < -0.39 is 0 Å². The zero-order chi connectivity index (χ0) is 15.1. The predicted octanol–water partition coefficient (Wildman–Crippen LogP) is 1.74. The Hall–Kier alpha value is -1.76. The number of rotatable bonds is 7. The lowest BCUT2D eigenvalue weighted by Crippen LogP contribution is -2.31. The van der Waals surface area contributed by atoms with Crippen LogP contribution in [0.4, 0.5) is 0 Å². The fraction of sp³-hybridized carbons (Fsp3) is 0.333. The molecule has 0 atom stereocenters. The van der Waals surface area contributed by atoms with E-state index in [1.54, 1.807) is 11.3 Å². The molecule has 0 radical (unpaired) electrons. The maximum Gasteiger partial charge on any atom is 0.238 e. The molecule has 21 heavy (non-hydrogen) atoms. The average Bonchev–Trinajstić information content (AvgIpc) is 2.90. The van der Waals surface area contributed by atoms with Crippen molar-refractivity contribution >= 4 is 17.2 Å². The number of ether oxygens (including phenoxy) is 1. The second-order valence-corrected chi connectivity index (χ2v) is 5.66. The third-order valence-electron chi connectivity index (χ3n) is 3.14. The quantitative estimate of drug-likeness (QED) is 0.353. The molecular formula is C15H19N3O2S. The largest absolute Gasteiger partial charge is 0.376 e. The number of amides is 1. The summed E-state index contributed by atoms with van der Waals surface area (Å²) < 4.78 is 5.67. The molecule has 3 N–H and O–H groups in total. The number of nitrogens with two attached hydrogens (primary N) is 1. The van der Waals surface area contributed by atoms with Crippen LogP contribution in [0.2, 0.25) is 0 Å². The minimum atomic E-state index is -0.195. The fourth-order valence-corrected chi connectivity index (χ4v) is 2.67. The monoisotopic (exact) mass is 305 g/mol. The van der Waals surface area contributed by atoms with Crippen molar-refractivity contribution in [2.45, 2.75) is 26.4 Å². The maximum absolute atomic E-state index is 11.2. The van der Waals surface area contributed by atoms with Crippen LogP contribution in [-0.4, -0.2) is 17.5 Å². The van der Waals surface area contributed by atoms with Gasteiger partial charge in [-0.3, -0.25) is 10.2 Å². The lowest BCUT2D eigenvalue weighted by molar-refractivity contribution is -0.120. The van der Waals surface area contributed by atoms with Crippen LogP contribution in [0.1, 0.15) is 21.7 Å². The smallest absolute Gasteiger partial charge is 0.238 e. The van der Waals surface area contributed by atoms with Crippen molar-refractivity contribution in [3.05, 3.63) is 51.5 Å². The summed E-state index contributed by atoms with van der Waals surface area (Å²) in [5.74, 6) is 4.86. The molecule has 1 aromatic carbocycles. The molecule has 0 bridgehead atoms. The minimum absolute atomic E-state index is 0.195. The number of nitrogens with one attached hydrogen (secondary N) is 1. The van der Waals surface area contributed by atoms with Crippen molar-refractivity contribution in [3.63, 3.8) is 0 Å². The van der Waals surface area contributed by atoms with Crippen LogP contribution in [0, 0.1) is 6.92 Å². The first-order valence-electron chi connectivity index (χ1n) is 6.73. The summed E-state index contributed by atoms with van der Waals surface area (Å²) in [4.78, 5) is 16.6. The highest BCUT2D eigenvalue weighted by Gasteiger charge is 2.03. The van der Waals surface area contributed by atoms with Crippen LogP contribution >= 0.6 is 11.3 Å². The molecule has 0 spiro atoms. The van der Waals surface area contributed by atoms with Gasteiger partial charge < -0.3 is 4.74 Å². The molecule has 2 aromatic rings. The zero-order valence-corrected chi connectivity index (χ0v) is 12.8. The number of benzene rings is 1. The number of carbonyl (C=O) groups is 1. The summed E-state index contributed by atoms with van der Waals surface area (Å²) in [7, 11) is 0. The van der Waals surface area contributed by atoms with Crippen LogP contribution in [0.3, 0.4) is 0 Å². The lowest BCUT2D eigenvalue weighted by Gasteiger charge is -2.05. The molecule has 0 fully saturated rings. The highest BCUT2D eigenvalue weighted by atomic mass is 32.1. The summed E-state index contributed by atoms with van der Waals surface area (Å²) in [5, 5.41) is 0. The van der Waals surface area contributed by atoms with E-state index in [0.29, 0.717) is 19.6 Å². The summed E-state index contributed by atoms with van der Waals surface area (Å²) in [6, 6.07) is 7.77. The third-order valence-corrected chi connectivity index (χ3v) is 4.13. The van der Waals surface area contributed by atoms with Crippen LogP contribution in [0.25, 0.3) is 0 Å². The summed E-state index contributed by atoms with van der Waals surface area (Å²) in [6.45, 7) is 3.27. The van der Waals surface area contributed by atoms with E-state index >= 15 is 0 Å². The standard InChI is InChI=1S/C15H19N3O2S/c1-11-14(21-10-17-11)6-7-20-9-13-4-2-12(3-5-13)8-15(19)18-16/h2-5,10H,6-9,16H2,1H3,(H,18,19). The van der Waals surface area contributed by atoms with E-state index in [1.165, 1.54) is 4.88 Å². The molecule has 0 saturated heterocycles. The van der Waals surface area contributed by atoms with Gasteiger partial charge >= 0.3 is 0 Å². The Morgan fingerprint density at radius 3 is 2.67 bits per heavy atom. The molecule has 1 heterocycles. The Kier molecular flexibility index (Phi) is 5.86. The van der Waals surface area contributed by atoms with Crippen LogP contribution in [0.5, 0.6) is 0 Å². The first kappa shape index (κ1) is 15.6. The Morgan fingerprint density at radius 2 is 2.05 bits per heavy atom. The normalized spacial score (nSPS) is 10.6. The first-order chi connectivity index (χ1) is 10.2. The van der Waals surface area contributed by atoms with Crippen LogP contribution < -0.4 is 11.3 Å². The van der Waals surface area contributed by atoms with Gasteiger partial charge in [0.05, 0.1) is 30.8 Å². The Balaban J connectivity index is 1.73. The lowest BCUT2D eigenvalue weighted by atomic mass is 10.1. The van der Waals surface area contributed by atoms with Gasteiger partial charge in [-0.2, -0.15) is 0 Å². The molecule has 2 rings (SSSR count). The van der Waals surface area contributed by atoms with Gasteiger partial charge in [0.15, 0.2) is 0 Å². The maximum atomic E-state index is 11.2. The predicted molar refractivity (Wildman–Crippen MR) is 82.7 cm³/mol. The number of carbonyl (C=O) groups excluding carboxylic acids is 1. The molecule has 0 saturated carbocycles. The van der Waals surface area contributed by atoms with Gasteiger partial charge in [-0.25, -0.2) is 10.8 Å². The van der Waals surface area contributed by atoms with Gasteiger partial charge in [0.25, 0.3) is 0 Å². The zero-order valence-electron chi connectivity index (χ0n) is 12.0. The van der Waals surface area contributed by atoms with Gasteiger partial charge in [-0.1, -0.05) is 24.3 Å². The Morgan fingerprint density at radius 1 is 1.33 bits per heavy atom. The molecule has 0 aliphatic heterocycles. The van der Waals surface area contributed by atoms with Crippen molar-refractivity contribution in [3.8, 4) is 0 Å². The van der Waals surface area contributed by atoms with Crippen LogP contribution in [0.15, 0.2) is 29.8 Å². The van der Waals surface area contributed by atoms with E-state index in [9.17, 15) is 4.79 Å². The molecule has 112 valence electrons. The second kappa shape index (κ2) is 7.87. The Bertz CT molecular complexity index is 581. The van der Waals surface area contributed by atoms with Gasteiger partial charge in [0, 0.05) is 11.3 Å². The fourth-order valence-electron chi connectivity index (χ4n) is 1.91. The van der Waals surface area contributed by atoms with Crippen molar-refractivity contribution in [1.29, 1.82) is 0 Å². The number of hydrazine groups is 1. The van der Waals surface area contributed by atoms with E-state index in [0.717, 1.165) is 23.2 Å². The third kappa shape index (κ3) is 4.93. The minimum Gasteiger partial charge on any atom is -0.376 e. The first-order valence-corrected chi connectivity index (χ1v) is 7.61. The molecule has 0 aliphatic rings. The SMILES string of the molecule is Cc1ncsc1CCOCc1ccc(CC(=O)NN)cc1. The summed E-state index contributed by atoms with van der Waals surface area (Å²) in [6.07, 6.45) is 1.19. The summed E-state index contributed by atoms with van der Waals surface area (Å²) in [5.41, 5.74) is 7.09. The molecular weight excluding hydrogens is 286 g/mol. The van der Waals surface area contributed by atoms with E-state index in [2.05, 4.69) is 10.4 Å².